The predicted octanol–water partition coefficient (Wildman–Crippen LogP) is 0.0374. The van der Waals surface area contributed by atoms with E-state index in [-0.39, 0.29) is 0 Å². The van der Waals surface area contributed by atoms with E-state index >= 15 is 0 Å². The van der Waals surface area contributed by atoms with Crippen LogP contribution in [0.2, 0.25) is 0 Å². The number of nitrogens with zero attached hydrogens (tertiary/aromatic N) is 1. The van der Waals surface area contributed by atoms with Gasteiger partial charge in [-0.3, -0.25) is 0 Å². The van der Waals surface area contributed by atoms with Crippen LogP contribution in [0.3, 0.4) is 0 Å². The van der Waals surface area contributed by atoms with Gasteiger partial charge in [0.25, 0.3) is 0 Å². The quantitative estimate of drug-likeness (QED) is 0.445. The highest BCUT2D eigenvalue weighted by Crippen LogP contribution is 2.06. The van der Waals surface area contributed by atoms with Crippen molar-refractivity contribution >= 4 is 13.3 Å². The van der Waals surface area contributed by atoms with Crippen LogP contribution < -0.4 is 5.46 Å². The minimum Gasteiger partial charge on any atom is -0.374 e. The fraction of sp³-hybridized carbons (Fsp3) is 0.125. The Hall–Kier alpha value is -1.27. The van der Waals surface area contributed by atoms with E-state index in [1.807, 2.05) is 0 Å². The Labute approximate surface area is 66.5 Å². The molecular formula is C8H6BNO. The van der Waals surface area contributed by atoms with E-state index < -0.39 is 6.10 Å². The van der Waals surface area contributed by atoms with Crippen LogP contribution in [0.5, 0.6) is 0 Å². The maximum Gasteiger partial charge on any atom is 0.165 e. The van der Waals surface area contributed by atoms with Crippen LogP contribution in [0.15, 0.2) is 24.3 Å². The molecule has 1 aromatic carbocycles. The van der Waals surface area contributed by atoms with Crippen molar-refractivity contribution in [2.75, 3.05) is 0 Å². The lowest BCUT2D eigenvalue weighted by Crippen LogP contribution is -2.12. The molecule has 0 amide bonds. The van der Waals surface area contributed by atoms with Crippen molar-refractivity contribution in [3.8, 4) is 6.07 Å². The van der Waals surface area contributed by atoms with Crippen molar-refractivity contribution in [1.29, 1.82) is 5.26 Å². The van der Waals surface area contributed by atoms with E-state index in [4.69, 9.17) is 18.2 Å². The number of aliphatic hydroxyl groups excluding tert-OH is 1. The molecule has 3 heteroatoms. The lowest BCUT2D eigenvalue weighted by atomic mass is 9.88. The fourth-order valence-electron chi connectivity index (χ4n) is 0.829. The predicted molar refractivity (Wildman–Crippen MR) is 42.4 cm³/mol. The Balaban J connectivity index is 3.05. The van der Waals surface area contributed by atoms with Gasteiger partial charge in [-0.2, -0.15) is 5.26 Å². The monoisotopic (exact) mass is 143 g/mol. The molecular weight excluding hydrogens is 137 g/mol. The Morgan fingerprint density at radius 1 is 1.45 bits per heavy atom. The molecule has 0 saturated heterocycles. The largest absolute Gasteiger partial charge is 0.374 e. The van der Waals surface area contributed by atoms with Gasteiger partial charge in [0, 0.05) is 0 Å². The van der Waals surface area contributed by atoms with Gasteiger partial charge >= 0.3 is 0 Å². The van der Waals surface area contributed by atoms with Crippen LogP contribution in [0.1, 0.15) is 11.7 Å². The first kappa shape index (κ1) is 7.84. The molecule has 0 fully saturated rings. The summed E-state index contributed by atoms with van der Waals surface area (Å²) in [6, 6.07) is 8.46. The van der Waals surface area contributed by atoms with Crippen LogP contribution in [0.4, 0.5) is 0 Å². The summed E-state index contributed by atoms with van der Waals surface area (Å²) < 4.78 is 0. The molecule has 52 valence electrons. The van der Waals surface area contributed by atoms with Crippen LogP contribution >= 0.6 is 0 Å². The van der Waals surface area contributed by atoms with E-state index in [9.17, 15) is 0 Å². The normalized spacial score (nSPS) is 12.0. The highest BCUT2D eigenvalue weighted by Gasteiger charge is 2.05. The Kier molecular flexibility index (Phi) is 2.30. The van der Waals surface area contributed by atoms with Gasteiger partial charge in [0.05, 0.1) is 6.07 Å². The zero-order chi connectivity index (χ0) is 8.27. The number of benzene rings is 1. The first-order valence-corrected chi connectivity index (χ1v) is 3.18. The van der Waals surface area contributed by atoms with E-state index in [2.05, 4.69) is 0 Å². The molecule has 1 N–H and O–H groups in total. The van der Waals surface area contributed by atoms with E-state index in [1.165, 1.54) is 0 Å². The van der Waals surface area contributed by atoms with Crippen molar-refractivity contribution in [1.82, 2.24) is 0 Å². The second-order valence-electron chi connectivity index (χ2n) is 2.16. The summed E-state index contributed by atoms with van der Waals surface area (Å²) in [5.41, 5.74) is 0.913. The molecule has 1 unspecified atom stereocenters. The summed E-state index contributed by atoms with van der Waals surface area (Å²) in [5.74, 6) is 0. The minimum absolute atomic E-state index is 0.446. The van der Waals surface area contributed by atoms with Crippen molar-refractivity contribution in [3.05, 3.63) is 29.8 Å². The standard InChI is InChI=1S/C8H6BNO/c9-7-4-2-1-3-6(7)8(11)5-10/h1-4,8,11H. The maximum atomic E-state index is 9.07. The average molecular weight is 143 g/mol. The molecule has 0 bridgehead atoms. The number of nitriles is 1. The van der Waals surface area contributed by atoms with Gasteiger partial charge in [0.15, 0.2) is 6.10 Å². The third kappa shape index (κ3) is 1.60. The molecule has 0 aliphatic rings. The van der Waals surface area contributed by atoms with Gasteiger partial charge in [-0.05, 0) is 5.56 Å². The van der Waals surface area contributed by atoms with Gasteiger partial charge in [-0.1, -0.05) is 29.7 Å². The molecule has 1 aromatic rings. The summed E-state index contributed by atoms with van der Waals surface area (Å²) in [7, 11) is 5.49. The van der Waals surface area contributed by atoms with Gasteiger partial charge < -0.3 is 5.11 Å². The van der Waals surface area contributed by atoms with Gasteiger partial charge in [-0.15, -0.1) is 0 Å². The third-order valence-corrected chi connectivity index (χ3v) is 1.41. The molecule has 2 nitrogen and oxygen atoms in total. The zero-order valence-corrected chi connectivity index (χ0v) is 5.86. The fourth-order valence-corrected chi connectivity index (χ4v) is 0.829. The van der Waals surface area contributed by atoms with Crippen LogP contribution in [0.25, 0.3) is 0 Å². The Morgan fingerprint density at radius 2 is 2.09 bits per heavy atom. The molecule has 2 radical (unpaired) electrons. The first-order valence-electron chi connectivity index (χ1n) is 3.18. The van der Waals surface area contributed by atoms with E-state index in [0.717, 1.165) is 0 Å². The van der Waals surface area contributed by atoms with Gasteiger partial charge in [0.2, 0.25) is 0 Å². The minimum atomic E-state index is -1.11. The summed E-state index contributed by atoms with van der Waals surface area (Å²) >= 11 is 0. The zero-order valence-electron chi connectivity index (χ0n) is 5.86. The van der Waals surface area contributed by atoms with E-state index in [0.29, 0.717) is 11.0 Å². The molecule has 0 heterocycles. The molecule has 0 spiro atoms. The van der Waals surface area contributed by atoms with Crippen molar-refractivity contribution in [2.24, 2.45) is 0 Å². The number of hydrogen-bond acceptors (Lipinski definition) is 2. The summed E-state index contributed by atoms with van der Waals surface area (Å²) in [5, 5.41) is 17.4. The van der Waals surface area contributed by atoms with Crippen LogP contribution in [0, 0.1) is 11.3 Å². The Morgan fingerprint density at radius 3 is 2.64 bits per heavy atom. The Bertz CT molecular complexity index is 292. The van der Waals surface area contributed by atoms with E-state index in [1.54, 1.807) is 30.3 Å². The second-order valence-corrected chi connectivity index (χ2v) is 2.16. The number of rotatable bonds is 1. The second kappa shape index (κ2) is 3.22. The van der Waals surface area contributed by atoms with Crippen LogP contribution in [-0.2, 0) is 0 Å². The smallest absolute Gasteiger partial charge is 0.165 e. The number of hydrogen-bond donors (Lipinski definition) is 1. The lowest BCUT2D eigenvalue weighted by molar-refractivity contribution is 0.237. The molecule has 0 aromatic heterocycles. The molecule has 0 saturated carbocycles. The number of aliphatic hydroxyl groups is 1. The van der Waals surface area contributed by atoms with Crippen molar-refractivity contribution < 1.29 is 5.11 Å². The SMILES string of the molecule is [B]c1ccccc1C(O)C#N. The van der Waals surface area contributed by atoms with Gasteiger partial charge in [0.1, 0.15) is 7.85 Å². The molecule has 1 atom stereocenters. The first-order chi connectivity index (χ1) is 5.25. The molecule has 0 aliphatic carbocycles. The highest BCUT2D eigenvalue weighted by molar-refractivity contribution is 6.33. The molecule has 0 aliphatic heterocycles. The summed E-state index contributed by atoms with van der Waals surface area (Å²) in [6.45, 7) is 0. The van der Waals surface area contributed by atoms with Crippen molar-refractivity contribution in [2.45, 2.75) is 6.10 Å². The highest BCUT2D eigenvalue weighted by atomic mass is 16.3. The third-order valence-electron chi connectivity index (χ3n) is 1.41. The molecule has 11 heavy (non-hydrogen) atoms. The van der Waals surface area contributed by atoms with Crippen molar-refractivity contribution in [3.63, 3.8) is 0 Å². The summed E-state index contributed by atoms with van der Waals surface area (Å²) in [6.07, 6.45) is -1.11. The average Bonchev–Trinajstić information content (AvgIpc) is 2.04. The topological polar surface area (TPSA) is 44.0 Å². The van der Waals surface area contributed by atoms with Crippen LogP contribution in [-0.4, -0.2) is 13.0 Å². The maximum absolute atomic E-state index is 9.07. The van der Waals surface area contributed by atoms with Gasteiger partial charge in [-0.25, -0.2) is 0 Å². The molecule has 1 rings (SSSR count). The summed E-state index contributed by atoms with van der Waals surface area (Å²) in [4.78, 5) is 0. The lowest BCUT2D eigenvalue weighted by Gasteiger charge is -2.04.